The van der Waals surface area contributed by atoms with Crippen LogP contribution in [0, 0.1) is 17.5 Å². The van der Waals surface area contributed by atoms with Crippen molar-refractivity contribution in [3.05, 3.63) is 59.4 Å². The van der Waals surface area contributed by atoms with Gasteiger partial charge in [0.15, 0.2) is 11.6 Å². The lowest BCUT2D eigenvalue weighted by atomic mass is 10.2. The molecule has 0 saturated carbocycles. The van der Waals surface area contributed by atoms with Crippen LogP contribution in [-0.2, 0) is 6.61 Å². The Hall–Kier alpha value is -2.21. The van der Waals surface area contributed by atoms with Crippen molar-refractivity contribution < 1.29 is 23.0 Å². The molecule has 1 N–H and O–H groups in total. The van der Waals surface area contributed by atoms with Crippen molar-refractivity contribution in [1.82, 2.24) is 0 Å². The molecule has 23 heavy (non-hydrogen) atoms. The van der Waals surface area contributed by atoms with Gasteiger partial charge in [-0.3, -0.25) is 0 Å². The van der Waals surface area contributed by atoms with Crippen molar-refractivity contribution in [2.24, 2.45) is 0 Å². The number of nitrogens with zero attached hydrogens (tertiary/aromatic N) is 1. The van der Waals surface area contributed by atoms with Gasteiger partial charge < -0.3 is 14.7 Å². The summed E-state index contributed by atoms with van der Waals surface area (Å²) in [6.07, 6.45) is 0.0102. The fraction of sp³-hybridized carbons (Fsp3) is 0.294. The zero-order valence-corrected chi connectivity index (χ0v) is 12.3. The largest absolute Gasteiger partial charge is 0.486 e. The van der Waals surface area contributed by atoms with E-state index in [2.05, 4.69) is 0 Å². The highest BCUT2D eigenvalue weighted by atomic mass is 19.1. The van der Waals surface area contributed by atoms with E-state index >= 15 is 0 Å². The summed E-state index contributed by atoms with van der Waals surface area (Å²) in [5, 5.41) is 9.50. The number of hydrogen-bond acceptors (Lipinski definition) is 3. The monoisotopic (exact) mass is 323 g/mol. The summed E-state index contributed by atoms with van der Waals surface area (Å²) >= 11 is 0. The summed E-state index contributed by atoms with van der Waals surface area (Å²) in [5.41, 5.74) is 0.770. The number of rotatable bonds is 4. The minimum absolute atomic E-state index is 0.0123. The summed E-state index contributed by atoms with van der Waals surface area (Å²) in [4.78, 5) is 1.60. The second-order valence-corrected chi connectivity index (χ2v) is 5.54. The molecule has 1 aliphatic rings. The summed E-state index contributed by atoms with van der Waals surface area (Å²) < 4.78 is 46.4. The molecule has 1 heterocycles. The van der Waals surface area contributed by atoms with E-state index in [1.807, 2.05) is 0 Å². The van der Waals surface area contributed by atoms with E-state index in [1.54, 1.807) is 4.90 Å². The second-order valence-electron chi connectivity index (χ2n) is 5.54. The van der Waals surface area contributed by atoms with Crippen LogP contribution in [0.25, 0.3) is 0 Å². The van der Waals surface area contributed by atoms with Crippen LogP contribution in [0.1, 0.15) is 12.0 Å². The highest BCUT2D eigenvalue weighted by Gasteiger charge is 2.24. The quantitative estimate of drug-likeness (QED) is 0.937. The van der Waals surface area contributed by atoms with E-state index in [0.717, 1.165) is 12.1 Å². The fourth-order valence-electron chi connectivity index (χ4n) is 2.57. The van der Waals surface area contributed by atoms with Crippen LogP contribution in [0.2, 0.25) is 0 Å². The number of aliphatic hydroxyl groups is 1. The molecule has 1 unspecified atom stereocenters. The summed E-state index contributed by atoms with van der Waals surface area (Å²) in [6.45, 7) is 0.776. The average Bonchev–Trinajstić information content (AvgIpc) is 2.95. The average molecular weight is 323 g/mol. The third kappa shape index (κ3) is 3.59. The smallest absolute Gasteiger partial charge is 0.167 e. The number of halogens is 3. The maximum Gasteiger partial charge on any atom is 0.167 e. The lowest BCUT2D eigenvalue weighted by molar-refractivity contribution is 0.198. The zero-order valence-electron chi connectivity index (χ0n) is 12.3. The first kappa shape index (κ1) is 15.7. The van der Waals surface area contributed by atoms with Crippen LogP contribution in [0.5, 0.6) is 5.75 Å². The van der Waals surface area contributed by atoms with E-state index in [-0.39, 0.29) is 30.4 Å². The maximum absolute atomic E-state index is 14.2. The minimum atomic E-state index is -0.676. The van der Waals surface area contributed by atoms with Crippen LogP contribution in [0.15, 0.2) is 36.4 Å². The molecular weight excluding hydrogens is 307 g/mol. The van der Waals surface area contributed by atoms with Crippen molar-refractivity contribution in [2.45, 2.75) is 19.1 Å². The Bertz CT molecular complexity index is 691. The molecule has 1 atom stereocenters. The summed E-state index contributed by atoms with van der Waals surface area (Å²) in [6, 6.07) is 7.66. The normalized spacial score (nSPS) is 17.6. The van der Waals surface area contributed by atoms with Crippen molar-refractivity contribution in [3.8, 4) is 5.75 Å². The first-order valence-corrected chi connectivity index (χ1v) is 7.32. The van der Waals surface area contributed by atoms with Crippen LogP contribution in [-0.4, -0.2) is 24.3 Å². The molecule has 0 bridgehead atoms. The lowest BCUT2D eigenvalue weighted by Crippen LogP contribution is -2.22. The molecule has 0 amide bonds. The molecule has 6 heteroatoms. The standard InChI is InChI=1S/C17H16F3NO2/c18-12-3-1-11(2-4-12)10-23-17-8-14(19)16(7-15(17)20)21-6-5-13(22)9-21/h1-4,7-8,13,22H,5-6,9-10H2. The zero-order chi connectivity index (χ0) is 16.4. The van der Waals surface area contributed by atoms with Crippen molar-refractivity contribution in [3.63, 3.8) is 0 Å². The number of hydrogen-bond donors (Lipinski definition) is 1. The van der Waals surface area contributed by atoms with Crippen LogP contribution in [0.4, 0.5) is 18.9 Å². The van der Waals surface area contributed by atoms with Gasteiger partial charge >= 0.3 is 0 Å². The number of anilines is 1. The highest BCUT2D eigenvalue weighted by Crippen LogP contribution is 2.30. The number of benzene rings is 2. The van der Waals surface area contributed by atoms with Gasteiger partial charge in [0.05, 0.1) is 11.8 Å². The third-order valence-corrected chi connectivity index (χ3v) is 3.81. The molecule has 1 fully saturated rings. The molecule has 0 spiro atoms. The topological polar surface area (TPSA) is 32.7 Å². The summed E-state index contributed by atoms with van der Waals surface area (Å²) in [5.74, 6) is -1.85. The molecule has 3 rings (SSSR count). The van der Waals surface area contributed by atoms with Gasteiger partial charge in [-0.15, -0.1) is 0 Å². The van der Waals surface area contributed by atoms with E-state index in [1.165, 1.54) is 24.3 Å². The Balaban J connectivity index is 1.73. The van der Waals surface area contributed by atoms with Gasteiger partial charge in [0.25, 0.3) is 0 Å². The fourth-order valence-corrected chi connectivity index (χ4v) is 2.57. The van der Waals surface area contributed by atoms with Gasteiger partial charge in [0.2, 0.25) is 0 Å². The van der Waals surface area contributed by atoms with E-state index in [9.17, 15) is 18.3 Å². The van der Waals surface area contributed by atoms with Gasteiger partial charge in [-0.25, -0.2) is 13.2 Å². The molecule has 0 aromatic heterocycles. The number of aliphatic hydroxyl groups excluding tert-OH is 1. The molecule has 3 nitrogen and oxygen atoms in total. The Morgan fingerprint density at radius 3 is 2.48 bits per heavy atom. The van der Waals surface area contributed by atoms with Crippen molar-refractivity contribution >= 4 is 5.69 Å². The van der Waals surface area contributed by atoms with Gasteiger partial charge in [-0.1, -0.05) is 12.1 Å². The molecule has 2 aromatic carbocycles. The minimum Gasteiger partial charge on any atom is -0.486 e. The third-order valence-electron chi connectivity index (χ3n) is 3.81. The Morgan fingerprint density at radius 1 is 1.09 bits per heavy atom. The molecule has 122 valence electrons. The maximum atomic E-state index is 14.2. The highest BCUT2D eigenvalue weighted by molar-refractivity contribution is 5.52. The second kappa shape index (κ2) is 6.50. The molecule has 2 aromatic rings. The molecule has 1 saturated heterocycles. The molecular formula is C17H16F3NO2. The van der Waals surface area contributed by atoms with E-state index < -0.39 is 17.7 Å². The lowest BCUT2D eigenvalue weighted by Gasteiger charge is -2.19. The van der Waals surface area contributed by atoms with Gasteiger partial charge in [0.1, 0.15) is 18.2 Å². The molecule has 0 radical (unpaired) electrons. The van der Waals surface area contributed by atoms with Gasteiger partial charge in [-0.05, 0) is 24.1 Å². The first-order chi connectivity index (χ1) is 11.0. The SMILES string of the molecule is OC1CCN(c2cc(F)c(OCc3ccc(F)cc3)cc2F)C1. The Kier molecular flexibility index (Phi) is 4.43. The van der Waals surface area contributed by atoms with Crippen molar-refractivity contribution in [2.75, 3.05) is 18.0 Å². The Labute approximate surface area is 131 Å². The number of β-amino-alcohol motifs (C(OH)–C–C–N with tert-alkyl or cyclic N) is 1. The van der Waals surface area contributed by atoms with E-state index in [4.69, 9.17) is 4.74 Å². The van der Waals surface area contributed by atoms with Crippen LogP contribution in [0.3, 0.4) is 0 Å². The van der Waals surface area contributed by atoms with Crippen LogP contribution < -0.4 is 9.64 Å². The predicted molar refractivity (Wildman–Crippen MR) is 79.9 cm³/mol. The number of ether oxygens (including phenoxy) is 1. The Morgan fingerprint density at radius 2 is 1.83 bits per heavy atom. The molecule has 0 aliphatic carbocycles. The van der Waals surface area contributed by atoms with Crippen LogP contribution >= 0.6 is 0 Å². The van der Waals surface area contributed by atoms with Gasteiger partial charge in [-0.2, -0.15) is 0 Å². The summed E-state index contributed by atoms with van der Waals surface area (Å²) in [7, 11) is 0. The van der Waals surface area contributed by atoms with E-state index in [0.29, 0.717) is 18.5 Å². The predicted octanol–water partition coefficient (Wildman–Crippen LogP) is 3.25. The first-order valence-electron chi connectivity index (χ1n) is 7.32. The molecule has 1 aliphatic heterocycles. The van der Waals surface area contributed by atoms with Gasteiger partial charge in [0, 0.05) is 25.2 Å². The van der Waals surface area contributed by atoms with Crippen molar-refractivity contribution in [1.29, 1.82) is 0 Å².